The molecule has 0 aliphatic carbocycles. The molecule has 1 aliphatic rings. The Morgan fingerprint density at radius 2 is 1.78 bits per heavy atom. The van der Waals surface area contributed by atoms with Crippen LogP contribution in [-0.2, 0) is 13.1 Å². The molecule has 0 saturated carbocycles. The predicted molar refractivity (Wildman–Crippen MR) is 91.2 cm³/mol. The summed E-state index contributed by atoms with van der Waals surface area (Å²) in [6.07, 6.45) is 1.93. The molecule has 1 aromatic heterocycles. The number of benzene rings is 1. The summed E-state index contributed by atoms with van der Waals surface area (Å²) in [7, 11) is 2.04. The highest BCUT2D eigenvalue weighted by Crippen LogP contribution is 2.30. The van der Waals surface area contributed by atoms with E-state index < -0.39 is 0 Å². The largest absolute Gasteiger partial charge is 0.486 e. The molecule has 1 aliphatic heterocycles. The molecule has 0 amide bonds. The normalized spacial score (nSPS) is 13.0. The maximum atomic E-state index is 5.61. The number of nitrogens with zero attached hydrogens (tertiary/aromatic N) is 2. The second kappa shape index (κ2) is 7.33. The number of pyridine rings is 1. The Morgan fingerprint density at radius 1 is 1.04 bits per heavy atom. The van der Waals surface area contributed by atoms with E-state index in [1.54, 1.807) is 0 Å². The van der Waals surface area contributed by atoms with Gasteiger partial charge in [0.05, 0.1) is 0 Å². The van der Waals surface area contributed by atoms with Crippen LogP contribution in [0.25, 0.3) is 0 Å². The summed E-state index contributed by atoms with van der Waals surface area (Å²) >= 11 is 0. The van der Waals surface area contributed by atoms with E-state index in [2.05, 4.69) is 40.3 Å². The molecule has 23 heavy (non-hydrogen) atoms. The third-order valence-electron chi connectivity index (χ3n) is 3.94. The van der Waals surface area contributed by atoms with Crippen LogP contribution in [0.2, 0.25) is 0 Å². The quantitative estimate of drug-likeness (QED) is 0.888. The molecule has 2 aromatic rings. The summed E-state index contributed by atoms with van der Waals surface area (Å²) < 4.78 is 11.1. The first-order chi connectivity index (χ1) is 11.3. The monoisotopic (exact) mass is 313 g/mol. The lowest BCUT2D eigenvalue weighted by molar-refractivity contribution is 0.171. The van der Waals surface area contributed by atoms with Gasteiger partial charge in [0, 0.05) is 32.9 Å². The second-order valence-electron chi connectivity index (χ2n) is 5.62. The van der Waals surface area contributed by atoms with Gasteiger partial charge in [-0.15, -0.1) is 0 Å². The highest BCUT2D eigenvalue weighted by molar-refractivity contribution is 5.43. The van der Waals surface area contributed by atoms with Crippen molar-refractivity contribution < 1.29 is 9.47 Å². The standard InChI is InChI=1S/C18H23N3O2/c1-3-21(2)18-7-5-15(13-20-18)12-19-11-14-4-6-16-17(10-14)23-9-8-22-16/h4-7,10,13,19H,3,8-9,11-12H2,1-2H3. The van der Waals surface area contributed by atoms with Crippen molar-refractivity contribution in [3.8, 4) is 11.5 Å². The molecule has 0 atom stereocenters. The van der Waals surface area contributed by atoms with Gasteiger partial charge >= 0.3 is 0 Å². The molecule has 3 rings (SSSR count). The van der Waals surface area contributed by atoms with Crippen molar-refractivity contribution >= 4 is 5.82 Å². The average molecular weight is 313 g/mol. The van der Waals surface area contributed by atoms with Gasteiger partial charge < -0.3 is 19.7 Å². The van der Waals surface area contributed by atoms with Crippen LogP contribution >= 0.6 is 0 Å². The van der Waals surface area contributed by atoms with Gasteiger partial charge in [0.2, 0.25) is 0 Å². The number of aromatic nitrogens is 1. The lowest BCUT2D eigenvalue weighted by atomic mass is 10.2. The van der Waals surface area contributed by atoms with E-state index in [9.17, 15) is 0 Å². The molecule has 0 spiro atoms. The van der Waals surface area contributed by atoms with Gasteiger partial charge in [0.25, 0.3) is 0 Å². The minimum atomic E-state index is 0.619. The van der Waals surface area contributed by atoms with Gasteiger partial charge in [-0.25, -0.2) is 4.98 Å². The molecule has 2 heterocycles. The Kier molecular flexibility index (Phi) is 4.98. The van der Waals surface area contributed by atoms with Crippen molar-refractivity contribution in [1.29, 1.82) is 0 Å². The predicted octanol–water partition coefficient (Wildman–Crippen LogP) is 2.60. The van der Waals surface area contributed by atoms with Gasteiger partial charge in [-0.3, -0.25) is 0 Å². The first-order valence-corrected chi connectivity index (χ1v) is 8.01. The highest BCUT2D eigenvalue weighted by atomic mass is 16.6. The van der Waals surface area contributed by atoms with Crippen molar-refractivity contribution in [2.24, 2.45) is 0 Å². The molecule has 5 heteroatoms. The number of nitrogens with one attached hydrogen (secondary N) is 1. The number of hydrogen-bond acceptors (Lipinski definition) is 5. The molecule has 122 valence electrons. The highest BCUT2D eigenvalue weighted by Gasteiger charge is 2.11. The topological polar surface area (TPSA) is 46.6 Å². The van der Waals surface area contributed by atoms with Crippen LogP contribution in [0.3, 0.4) is 0 Å². The lowest BCUT2D eigenvalue weighted by Crippen LogP contribution is -2.18. The van der Waals surface area contributed by atoms with Crippen LogP contribution in [0.4, 0.5) is 5.82 Å². The molecule has 1 N–H and O–H groups in total. The van der Waals surface area contributed by atoms with Crippen molar-refractivity contribution in [2.45, 2.75) is 20.0 Å². The van der Waals surface area contributed by atoms with Crippen LogP contribution in [-0.4, -0.2) is 31.8 Å². The number of rotatable bonds is 6. The Bertz CT molecular complexity index is 643. The Hall–Kier alpha value is -2.27. The fraction of sp³-hybridized carbons (Fsp3) is 0.389. The number of fused-ring (bicyclic) bond motifs is 1. The zero-order chi connectivity index (χ0) is 16.1. The van der Waals surface area contributed by atoms with E-state index in [1.807, 2.05) is 25.4 Å². The summed E-state index contributed by atoms with van der Waals surface area (Å²) in [4.78, 5) is 6.60. The van der Waals surface area contributed by atoms with Crippen LogP contribution in [0, 0.1) is 0 Å². The van der Waals surface area contributed by atoms with Gasteiger partial charge in [0.15, 0.2) is 11.5 Å². The minimum absolute atomic E-state index is 0.619. The van der Waals surface area contributed by atoms with Crippen molar-refractivity contribution in [2.75, 3.05) is 31.7 Å². The fourth-order valence-electron chi connectivity index (χ4n) is 2.46. The summed E-state index contributed by atoms with van der Waals surface area (Å²) in [5.74, 6) is 2.67. The van der Waals surface area contributed by atoms with E-state index in [1.165, 1.54) is 11.1 Å². The molecular weight excluding hydrogens is 290 g/mol. The zero-order valence-corrected chi connectivity index (χ0v) is 13.7. The summed E-state index contributed by atoms with van der Waals surface area (Å²) in [6, 6.07) is 10.3. The van der Waals surface area contributed by atoms with Gasteiger partial charge in [-0.2, -0.15) is 0 Å². The third-order valence-corrected chi connectivity index (χ3v) is 3.94. The van der Waals surface area contributed by atoms with Crippen molar-refractivity contribution in [3.63, 3.8) is 0 Å². The number of anilines is 1. The van der Waals surface area contributed by atoms with Gasteiger partial charge in [-0.05, 0) is 36.2 Å². The molecule has 0 radical (unpaired) electrons. The van der Waals surface area contributed by atoms with Crippen molar-refractivity contribution in [1.82, 2.24) is 10.3 Å². The Labute approximate surface area is 137 Å². The van der Waals surface area contributed by atoms with E-state index >= 15 is 0 Å². The first-order valence-electron chi connectivity index (χ1n) is 8.01. The second-order valence-corrected chi connectivity index (χ2v) is 5.62. The molecule has 0 fully saturated rings. The average Bonchev–Trinajstić information content (AvgIpc) is 2.61. The molecule has 0 saturated heterocycles. The summed E-state index contributed by atoms with van der Waals surface area (Å²) in [5, 5.41) is 3.44. The maximum Gasteiger partial charge on any atom is 0.161 e. The van der Waals surface area contributed by atoms with Crippen LogP contribution < -0.4 is 19.7 Å². The van der Waals surface area contributed by atoms with E-state index in [4.69, 9.17) is 9.47 Å². The van der Waals surface area contributed by atoms with Crippen LogP contribution in [0.5, 0.6) is 11.5 Å². The molecule has 0 bridgehead atoms. The van der Waals surface area contributed by atoms with Gasteiger partial charge in [-0.1, -0.05) is 12.1 Å². The fourth-order valence-corrected chi connectivity index (χ4v) is 2.46. The van der Waals surface area contributed by atoms with E-state index in [0.717, 1.165) is 37.0 Å². The molecular formula is C18H23N3O2. The third kappa shape index (κ3) is 3.93. The first kappa shape index (κ1) is 15.6. The number of hydrogen-bond donors (Lipinski definition) is 1. The minimum Gasteiger partial charge on any atom is -0.486 e. The summed E-state index contributed by atoms with van der Waals surface area (Å²) in [5.41, 5.74) is 2.36. The summed E-state index contributed by atoms with van der Waals surface area (Å²) in [6.45, 7) is 5.89. The maximum absolute atomic E-state index is 5.61. The van der Waals surface area contributed by atoms with Crippen molar-refractivity contribution in [3.05, 3.63) is 47.7 Å². The molecule has 0 unspecified atom stereocenters. The SMILES string of the molecule is CCN(C)c1ccc(CNCc2ccc3c(c2)OCCO3)cn1. The number of ether oxygens (including phenoxy) is 2. The van der Waals surface area contributed by atoms with E-state index in [0.29, 0.717) is 13.2 Å². The molecule has 5 nitrogen and oxygen atoms in total. The lowest BCUT2D eigenvalue weighted by Gasteiger charge is -2.19. The van der Waals surface area contributed by atoms with Gasteiger partial charge in [0.1, 0.15) is 19.0 Å². The zero-order valence-electron chi connectivity index (χ0n) is 13.7. The molecule has 1 aromatic carbocycles. The van der Waals surface area contributed by atoms with E-state index in [-0.39, 0.29) is 0 Å². The Morgan fingerprint density at radius 3 is 2.52 bits per heavy atom. The van der Waals surface area contributed by atoms with Crippen LogP contribution in [0.1, 0.15) is 18.1 Å². The Balaban J connectivity index is 1.53. The smallest absolute Gasteiger partial charge is 0.161 e. The van der Waals surface area contributed by atoms with Crippen LogP contribution in [0.15, 0.2) is 36.5 Å².